The van der Waals surface area contributed by atoms with E-state index in [2.05, 4.69) is 45.7 Å². The van der Waals surface area contributed by atoms with E-state index in [0.29, 0.717) is 11.6 Å². The van der Waals surface area contributed by atoms with Crippen LogP contribution in [-0.2, 0) is 19.5 Å². The Kier molecular flexibility index (Phi) is 4.90. The molecule has 0 aliphatic carbocycles. The summed E-state index contributed by atoms with van der Waals surface area (Å²) in [5.74, 6) is 1.37. The molecular weight excluding hydrogens is 418 g/mol. The van der Waals surface area contributed by atoms with Crippen LogP contribution in [0.25, 0.3) is 27.8 Å². The van der Waals surface area contributed by atoms with Gasteiger partial charge in [0.2, 0.25) is 0 Å². The lowest BCUT2D eigenvalue weighted by molar-refractivity contribution is 0.243. The van der Waals surface area contributed by atoms with Gasteiger partial charge in [-0.2, -0.15) is 5.10 Å². The van der Waals surface area contributed by atoms with Crippen LogP contribution in [0.3, 0.4) is 0 Å². The van der Waals surface area contributed by atoms with Crippen molar-refractivity contribution in [3.05, 3.63) is 95.5 Å². The molecule has 5 aromatic rings. The second kappa shape index (κ2) is 8.18. The van der Waals surface area contributed by atoms with Gasteiger partial charge in [0.05, 0.1) is 22.5 Å². The van der Waals surface area contributed by atoms with Crippen molar-refractivity contribution in [1.82, 2.24) is 24.6 Å². The fraction of sp³-hybridized carbons (Fsp3) is 0.160. The van der Waals surface area contributed by atoms with E-state index in [1.807, 2.05) is 41.2 Å². The first-order valence-electron chi connectivity index (χ1n) is 10.6. The van der Waals surface area contributed by atoms with Gasteiger partial charge in [-0.25, -0.2) is 14.6 Å². The summed E-state index contributed by atoms with van der Waals surface area (Å²) in [5.41, 5.74) is 5.65. The lowest BCUT2D eigenvalue weighted by atomic mass is 10.1. The zero-order chi connectivity index (χ0) is 21.3. The Hall–Kier alpha value is -3.55. The lowest BCUT2D eigenvalue weighted by Gasteiger charge is -2.27. The first kappa shape index (κ1) is 19.2. The van der Waals surface area contributed by atoms with Crippen molar-refractivity contribution in [2.45, 2.75) is 19.5 Å². The highest BCUT2D eigenvalue weighted by Gasteiger charge is 2.22. The Labute approximate surface area is 189 Å². The number of benzene rings is 1. The van der Waals surface area contributed by atoms with E-state index in [4.69, 9.17) is 14.5 Å². The second-order valence-corrected chi connectivity index (χ2v) is 8.81. The Morgan fingerprint density at radius 1 is 1.03 bits per heavy atom. The summed E-state index contributed by atoms with van der Waals surface area (Å²) in [6.07, 6.45) is 6.66. The number of fused-ring (bicyclic) bond motifs is 1. The number of hydrogen-bond donors (Lipinski definition) is 0. The van der Waals surface area contributed by atoms with Gasteiger partial charge in [0.1, 0.15) is 5.69 Å². The summed E-state index contributed by atoms with van der Waals surface area (Å²) in [5, 5.41) is 7.04. The number of hydrogen-bond acceptors (Lipinski definition) is 6. The van der Waals surface area contributed by atoms with Crippen molar-refractivity contribution in [1.29, 1.82) is 0 Å². The number of nitrogens with zero attached hydrogens (tertiary/aromatic N) is 5. The van der Waals surface area contributed by atoms with E-state index in [1.54, 1.807) is 17.6 Å². The van der Waals surface area contributed by atoms with Crippen LogP contribution >= 0.6 is 11.3 Å². The minimum Gasteiger partial charge on any atom is -0.461 e. The van der Waals surface area contributed by atoms with Gasteiger partial charge in [0.25, 0.3) is 0 Å². The van der Waals surface area contributed by atoms with E-state index < -0.39 is 0 Å². The molecule has 6 rings (SSSR count). The molecule has 6 nitrogen and oxygen atoms in total. The van der Waals surface area contributed by atoms with Crippen molar-refractivity contribution in [3.63, 3.8) is 0 Å². The molecule has 5 heterocycles. The first-order valence-corrected chi connectivity index (χ1v) is 11.5. The Bertz CT molecular complexity index is 1330. The van der Waals surface area contributed by atoms with Gasteiger partial charge in [0.15, 0.2) is 11.6 Å². The predicted molar refractivity (Wildman–Crippen MR) is 124 cm³/mol. The number of aromatic nitrogens is 4. The molecule has 0 radical (unpaired) electrons. The van der Waals surface area contributed by atoms with Crippen LogP contribution in [0.5, 0.6) is 0 Å². The molecule has 0 unspecified atom stereocenters. The molecule has 1 aromatic carbocycles. The van der Waals surface area contributed by atoms with Crippen molar-refractivity contribution in [2.24, 2.45) is 0 Å². The Morgan fingerprint density at radius 3 is 2.78 bits per heavy atom. The van der Waals surface area contributed by atoms with Crippen LogP contribution in [0.15, 0.2) is 83.1 Å². The van der Waals surface area contributed by atoms with Crippen LogP contribution in [0.4, 0.5) is 0 Å². The van der Waals surface area contributed by atoms with E-state index in [-0.39, 0.29) is 0 Å². The van der Waals surface area contributed by atoms with Crippen LogP contribution in [-0.4, -0.2) is 31.2 Å². The molecule has 0 bridgehead atoms. The summed E-state index contributed by atoms with van der Waals surface area (Å²) < 4.78 is 7.44. The Balaban J connectivity index is 1.27. The predicted octanol–water partition coefficient (Wildman–Crippen LogP) is 5.21. The maximum Gasteiger partial charge on any atom is 0.195 e. The SMILES string of the molecule is c1ccc(-n2cc(CN3CCc4nc(-c5ccco5)ncc4C3)c(-c3cccs3)n2)cc1. The van der Waals surface area contributed by atoms with Crippen LogP contribution in [0, 0.1) is 0 Å². The smallest absolute Gasteiger partial charge is 0.195 e. The quantitative estimate of drug-likeness (QED) is 0.376. The molecule has 0 saturated carbocycles. The van der Waals surface area contributed by atoms with Crippen molar-refractivity contribution < 1.29 is 4.42 Å². The second-order valence-electron chi connectivity index (χ2n) is 7.86. The van der Waals surface area contributed by atoms with Crippen LogP contribution < -0.4 is 0 Å². The van der Waals surface area contributed by atoms with E-state index >= 15 is 0 Å². The molecule has 7 heteroatoms. The summed E-state index contributed by atoms with van der Waals surface area (Å²) in [6.45, 7) is 2.61. The van der Waals surface area contributed by atoms with Gasteiger partial charge in [-0.15, -0.1) is 11.3 Å². The number of furan rings is 1. The summed E-state index contributed by atoms with van der Waals surface area (Å²) in [6, 6.07) is 18.3. The zero-order valence-electron chi connectivity index (χ0n) is 17.4. The summed E-state index contributed by atoms with van der Waals surface area (Å²) >= 11 is 1.73. The minimum absolute atomic E-state index is 0.659. The van der Waals surface area contributed by atoms with Crippen LogP contribution in [0.2, 0.25) is 0 Å². The molecule has 0 spiro atoms. The van der Waals surface area contributed by atoms with Gasteiger partial charge in [-0.1, -0.05) is 24.3 Å². The molecular formula is C25H21N5OS. The molecule has 32 heavy (non-hydrogen) atoms. The lowest BCUT2D eigenvalue weighted by Crippen LogP contribution is -2.31. The van der Waals surface area contributed by atoms with Gasteiger partial charge < -0.3 is 4.42 Å². The zero-order valence-corrected chi connectivity index (χ0v) is 18.2. The molecule has 0 fully saturated rings. The van der Waals surface area contributed by atoms with E-state index in [0.717, 1.165) is 43.1 Å². The Morgan fingerprint density at radius 2 is 1.97 bits per heavy atom. The fourth-order valence-corrected chi connectivity index (χ4v) is 4.88. The third-order valence-electron chi connectivity index (χ3n) is 5.71. The van der Waals surface area contributed by atoms with Gasteiger partial charge in [-0.3, -0.25) is 4.90 Å². The molecule has 0 amide bonds. The molecule has 1 aliphatic rings. The molecule has 158 valence electrons. The van der Waals surface area contributed by atoms with Crippen molar-refractivity contribution in [3.8, 4) is 27.8 Å². The number of rotatable bonds is 5. The topological polar surface area (TPSA) is 60.0 Å². The molecule has 1 aliphatic heterocycles. The number of para-hydroxylation sites is 1. The summed E-state index contributed by atoms with van der Waals surface area (Å²) in [4.78, 5) is 12.9. The average Bonchev–Trinajstić information content (AvgIpc) is 3.61. The fourth-order valence-electron chi connectivity index (χ4n) is 4.13. The van der Waals surface area contributed by atoms with Crippen molar-refractivity contribution >= 4 is 11.3 Å². The van der Waals surface area contributed by atoms with Gasteiger partial charge in [-0.05, 0) is 35.7 Å². The summed E-state index contributed by atoms with van der Waals surface area (Å²) in [7, 11) is 0. The highest BCUT2D eigenvalue weighted by Crippen LogP contribution is 2.30. The minimum atomic E-state index is 0.659. The largest absolute Gasteiger partial charge is 0.461 e. The van der Waals surface area contributed by atoms with Gasteiger partial charge in [0, 0.05) is 49.6 Å². The molecule has 0 atom stereocenters. The highest BCUT2D eigenvalue weighted by molar-refractivity contribution is 7.13. The van der Waals surface area contributed by atoms with Crippen LogP contribution in [0.1, 0.15) is 16.8 Å². The maximum absolute atomic E-state index is 5.45. The first-order chi connectivity index (χ1) is 15.8. The normalized spacial score (nSPS) is 13.9. The van der Waals surface area contributed by atoms with E-state index in [9.17, 15) is 0 Å². The molecule has 0 saturated heterocycles. The standard InChI is InChI=1S/C25H21N5OS/c1-2-6-20(7-3-1)30-17-19(24(28-30)23-9-5-13-32-23)16-29-11-10-21-18(15-29)14-26-25(27-21)22-8-4-12-31-22/h1-9,12-14,17H,10-11,15-16H2. The van der Waals surface area contributed by atoms with Crippen molar-refractivity contribution in [2.75, 3.05) is 6.54 Å². The third kappa shape index (κ3) is 3.66. The molecule has 4 aromatic heterocycles. The van der Waals surface area contributed by atoms with E-state index in [1.165, 1.54) is 16.0 Å². The average molecular weight is 440 g/mol. The van der Waals surface area contributed by atoms with Gasteiger partial charge >= 0.3 is 0 Å². The third-order valence-corrected chi connectivity index (χ3v) is 6.59. The highest BCUT2D eigenvalue weighted by atomic mass is 32.1. The number of thiophene rings is 1. The monoisotopic (exact) mass is 439 g/mol. The molecule has 0 N–H and O–H groups in total. The maximum atomic E-state index is 5.45.